The van der Waals surface area contributed by atoms with E-state index in [1.54, 1.807) is 30.6 Å². The Bertz CT molecular complexity index is 1440. The van der Waals surface area contributed by atoms with Gasteiger partial charge in [0.1, 0.15) is 5.69 Å². The van der Waals surface area contributed by atoms with Crippen LogP contribution in [0.2, 0.25) is 5.02 Å². The lowest BCUT2D eigenvalue weighted by Gasteiger charge is -2.19. The van der Waals surface area contributed by atoms with Crippen LogP contribution in [0.1, 0.15) is 60.2 Å². The summed E-state index contributed by atoms with van der Waals surface area (Å²) in [4.78, 5) is 31.3. The molecule has 0 aliphatic carbocycles. The minimum Gasteiger partial charge on any atom is -0.480 e. The molecule has 4 aromatic heterocycles. The quantitative estimate of drug-likeness (QED) is 0.329. The highest BCUT2D eigenvalue weighted by Gasteiger charge is 2.25. The molecule has 0 saturated carbocycles. The number of aromatic nitrogens is 5. The number of nitrogens with one attached hydrogen (secondary N) is 2. The van der Waals surface area contributed by atoms with Crippen molar-refractivity contribution >= 4 is 34.6 Å². The second-order valence-corrected chi connectivity index (χ2v) is 9.72. The Hall–Kier alpha value is -3.92. The second kappa shape index (κ2) is 11.0. The maximum absolute atomic E-state index is 13.6. The van der Waals surface area contributed by atoms with Gasteiger partial charge in [-0.3, -0.25) is 9.59 Å². The van der Waals surface area contributed by atoms with Crippen LogP contribution < -0.4 is 15.4 Å². The van der Waals surface area contributed by atoms with Crippen molar-refractivity contribution in [2.24, 2.45) is 5.92 Å². The summed E-state index contributed by atoms with van der Waals surface area (Å²) in [6, 6.07) is 8.42. The lowest BCUT2D eigenvalue weighted by atomic mass is 10.0. The highest BCUT2D eigenvalue weighted by Crippen LogP contribution is 2.27. The summed E-state index contributed by atoms with van der Waals surface area (Å²) in [5.41, 5.74) is 2.15. The first-order valence-electron chi connectivity index (χ1n) is 12.0. The molecule has 2 amide bonds. The molecule has 4 aromatic rings. The first kappa shape index (κ1) is 26.2. The Kier molecular flexibility index (Phi) is 7.77. The van der Waals surface area contributed by atoms with E-state index in [1.807, 2.05) is 19.9 Å². The minimum atomic E-state index is -0.519. The van der Waals surface area contributed by atoms with Gasteiger partial charge in [0, 0.05) is 18.3 Å². The second-order valence-electron chi connectivity index (χ2n) is 9.31. The molecule has 0 aliphatic heterocycles. The van der Waals surface area contributed by atoms with Gasteiger partial charge < -0.3 is 15.4 Å². The molecular weight excluding hydrogens is 494 g/mol. The fourth-order valence-electron chi connectivity index (χ4n) is 4.00. The average molecular weight is 524 g/mol. The molecule has 37 heavy (non-hydrogen) atoms. The molecule has 194 valence electrons. The predicted octanol–water partition coefficient (Wildman–Crippen LogP) is 4.69. The van der Waals surface area contributed by atoms with Crippen molar-refractivity contribution in [2.75, 3.05) is 12.4 Å². The number of pyridine rings is 2. The number of halogens is 1. The normalized spacial score (nSPS) is 12.1. The fraction of sp³-hybridized carbons (Fsp3) is 0.346. The van der Waals surface area contributed by atoms with E-state index >= 15 is 0 Å². The number of ether oxygens (including phenoxy) is 1. The van der Waals surface area contributed by atoms with Crippen LogP contribution in [-0.2, 0) is 0 Å². The molecule has 4 heterocycles. The molecule has 0 aromatic carbocycles. The fourth-order valence-corrected chi connectivity index (χ4v) is 4.21. The smallest absolute Gasteiger partial charge is 0.274 e. The summed E-state index contributed by atoms with van der Waals surface area (Å²) < 4.78 is 8.09. The molecule has 0 radical (unpaired) electrons. The van der Waals surface area contributed by atoms with Crippen molar-refractivity contribution in [1.29, 1.82) is 0 Å². The van der Waals surface area contributed by atoms with Gasteiger partial charge in [0.15, 0.2) is 11.5 Å². The van der Waals surface area contributed by atoms with Crippen molar-refractivity contribution in [1.82, 2.24) is 29.7 Å². The van der Waals surface area contributed by atoms with E-state index in [9.17, 15) is 9.59 Å². The predicted molar refractivity (Wildman–Crippen MR) is 142 cm³/mol. The van der Waals surface area contributed by atoms with Crippen LogP contribution in [-0.4, -0.2) is 49.3 Å². The summed E-state index contributed by atoms with van der Waals surface area (Å²) in [7, 11) is 1.45. The molecule has 1 unspecified atom stereocenters. The molecular formula is C26H30ClN7O3. The molecule has 11 heteroatoms. The molecule has 0 aliphatic rings. The molecule has 0 spiro atoms. The zero-order chi connectivity index (χ0) is 26.7. The Morgan fingerprint density at radius 3 is 2.59 bits per heavy atom. The number of hydrogen-bond donors (Lipinski definition) is 2. The summed E-state index contributed by atoms with van der Waals surface area (Å²) in [5.74, 6) is 0.161. The Morgan fingerprint density at radius 2 is 1.89 bits per heavy atom. The molecule has 2 N–H and O–H groups in total. The van der Waals surface area contributed by atoms with Crippen LogP contribution >= 0.6 is 11.6 Å². The summed E-state index contributed by atoms with van der Waals surface area (Å²) in [5, 5.41) is 14.9. The van der Waals surface area contributed by atoms with Gasteiger partial charge in [-0.05, 0) is 62.4 Å². The van der Waals surface area contributed by atoms with Gasteiger partial charge in [0.2, 0.25) is 5.88 Å². The lowest BCUT2D eigenvalue weighted by Crippen LogP contribution is -2.35. The van der Waals surface area contributed by atoms with E-state index in [4.69, 9.17) is 16.3 Å². The molecule has 10 nitrogen and oxygen atoms in total. The van der Waals surface area contributed by atoms with E-state index in [0.717, 1.165) is 18.4 Å². The van der Waals surface area contributed by atoms with Crippen molar-refractivity contribution in [3.63, 3.8) is 0 Å². The van der Waals surface area contributed by atoms with Crippen molar-refractivity contribution in [2.45, 2.75) is 46.6 Å². The monoisotopic (exact) mass is 523 g/mol. The Balaban J connectivity index is 1.73. The van der Waals surface area contributed by atoms with Crippen molar-refractivity contribution in [3.05, 3.63) is 64.7 Å². The van der Waals surface area contributed by atoms with Gasteiger partial charge in [-0.15, -0.1) is 5.10 Å². The third kappa shape index (κ3) is 5.59. The SMILES string of the molecule is COc1cc(C(=O)Nc2c(C)cc3ccnn3c2C(=O)NC(C)CCC(C)C)n(-c2ncccc2Cl)n1. The van der Waals surface area contributed by atoms with Gasteiger partial charge in [-0.25, -0.2) is 14.2 Å². The van der Waals surface area contributed by atoms with Crippen molar-refractivity contribution in [3.8, 4) is 11.7 Å². The van der Waals surface area contributed by atoms with Crippen LogP contribution in [0, 0.1) is 12.8 Å². The first-order valence-corrected chi connectivity index (χ1v) is 12.4. The first-order chi connectivity index (χ1) is 17.7. The van der Waals surface area contributed by atoms with E-state index in [0.29, 0.717) is 22.2 Å². The van der Waals surface area contributed by atoms with Crippen LogP contribution in [0.4, 0.5) is 5.69 Å². The average Bonchev–Trinajstić information content (AvgIpc) is 3.50. The molecule has 0 saturated heterocycles. The Labute approximate surface area is 220 Å². The molecule has 4 rings (SSSR count). The van der Waals surface area contributed by atoms with Crippen LogP contribution in [0.3, 0.4) is 0 Å². The number of fused-ring (bicyclic) bond motifs is 1. The third-order valence-electron chi connectivity index (χ3n) is 5.96. The zero-order valence-electron chi connectivity index (χ0n) is 21.4. The maximum atomic E-state index is 13.6. The minimum absolute atomic E-state index is 0.0541. The molecule has 0 fully saturated rings. The standard InChI is InChI=1S/C26H30ClN7O3/c1-15(2)8-9-17(4)30-26(36)23-22(16(3)13-18-10-12-29-33(18)23)31-25(35)20-14-21(37-5)32-34(20)24-19(27)7-6-11-28-24/h6-7,10-15,17H,8-9H2,1-5H3,(H,30,36)(H,31,35). The highest BCUT2D eigenvalue weighted by molar-refractivity contribution is 6.32. The van der Waals surface area contributed by atoms with Gasteiger partial charge in [0.05, 0.1) is 29.5 Å². The third-order valence-corrected chi connectivity index (χ3v) is 6.25. The highest BCUT2D eigenvalue weighted by atomic mass is 35.5. The van der Waals surface area contributed by atoms with Crippen molar-refractivity contribution < 1.29 is 14.3 Å². The van der Waals surface area contributed by atoms with E-state index in [-0.39, 0.29) is 35.0 Å². The van der Waals surface area contributed by atoms with E-state index in [2.05, 4.69) is 39.7 Å². The van der Waals surface area contributed by atoms with Gasteiger partial charge in [0.25, 0.3) is 11.8 Å². The number of rotatable bonds is 9. The lowest BCUT2D eigenvalue weighted by molar-refractivity contribution is 0.0930. The number of methoxy groups -OCH3 is 1. The number of amides is 2. The molecule has 0 bridgehead atoms. The topological polar surface area (TPSA) is 115 Å². The number of hydrogen-bond acceptors (Lipinski definition) is 6. The summed E-state index contributed by atoms with van der Waals surface area (Å²) >= 11 is 6.33. The van der Waals surface area contributed by atoms with E-state index < -0.39 is 5.91 Å². The number of anilines is 1. The summed E-state index contributed by atoms with van der Waals surface area (Å²) in [6.07, 6.45) is 4.99. The number of nitrogens with zero attached hydrogens (tertiary/aromatic N) is 5. The summed E-state index contributed by atoms with van der Waals surface area (Å²) in [6.45, 7) is 8.09. The van der Waals surface area contributed by atoms with Gasteiger partial charge >= 0.3 is 0 Å². The Morgan fingerprint density at radius 1 is 1.11 bits per heavy atom. The maximum Gasteiger partial charge on any atom is 0.274 e. The number of carbonyl (C=O) groups is 2. The van der Waals surface area contributed by atoms with Crippen LogP contribution in [0.15, 0.2) is 42.7 Å². The number of carbonyl (C=O) groups excluding carboxylic acids is 2. The van der Waals surface area contributed by atoms with Crippen LogP contribution in [0.5, 0.6) is 5.88 Å². The van der Waals surface area contributed by atoms with E-state index in [1.165, 1.54) is 22.4 Å². The zero-order valence-corrected chi connectivity index (χ0v) is 22.2. The number of aryl methyl sites for hydroxylation is 1. The van der Waals surface area contributed by atoms with Gasteiger partial charge in [-0.2, -0.15) is 5.10 Å². The molecule has 1 atom stereocenters. The van der Waals surface area contributed by atoms with Gasteiger partial charge in [-0.1, -0.05) is 25.4 Å². The van der Waals surface area contributed by atoms with Crippen LogP contribution in [0.25, 0.3) is 11.3 Å². The largest absolute Gasteiger partial charge is 0.480 e.